The smallest absolute Gasteiger partial charge is 0.407 e. The maximum atomic E-state index is 17.2. The molecular formula is C43H48ClF2N3O7S. The maximum absolute atomic E-state index is 17.2. The number of nitrogens with one attached hydrogen (secondary N) is 2. The van der Waals surface area contributed by atoms with E-state index in [4.69, 9.17) is 25.8 Å². The van der Waals surface area contributed by atoms with Gasteiger partial charge in [0.2, 0.25) is 15.9 Å². The minimum absolute atomic E-state index is 0.100. The zero-order valence-electron chi connectivity index (χ0n) is 32.4. The summed E-state index contributed by atoms with van der Waals surface area (Å²) in [5, 5.41) is 4.64. The van der Waals surface area contributed by atoms with Gasteiger partial charge in [-0.2, -0.15) is 13.5 Å². The van der Waals surface area contributed by atoms with E-state index in [0.717, 1.165) is 37.1 Å². The first-order valence-electron chi connectivity index (χ1n) is 19.4. The number of carbonyl (C=O) groups is 2. The van der Waals surface area contributed by atoms with Crippen LogP contribution in [0.25, 0.3) is 21.9 Å². The van der Waals surface area contributed by atoms with E-state index >= 15 is 8.78 Å². The zero-order chi connectivity index (χ0) is 40.7. The molecule has 0 radical (unpaired) electrons. The number of amides is 2. The summed E-state index contributed by atoms with van der Waals surface area (Å²) in [4.78, 5) is 28.3. The highest BCUT2D eigenvalue weighted by atomic mass is 35.5. The highest BCUT2D eigenvalue weighted by molar-refractivity contribution is 7.89. The molecule has 1 aliphatic carbocycles. The average molecular weight is 824 g/mol. The minimum Gasteiger partial charge on any atom is -0.496 e. The molecule has 2 N–H and O–H groups in total. The van der Waals surface area contributed by atoms with Crippen LogP contribution < -0.4 is 19.5 Å². The first-order chi connectivity index (χ1) is 27.0. The van der Waals surface area contributed by atoms with Crippen molar-refractivity contribution in [2.24, 2.45) is 0 Å². The number of hydrogen-bond donors (Lipinski definition) is 2. The van der Waals surface area contributed by atoms with Gasteiger partial charge in [0.15, 0.2) is 6.04 Å². The molecule has 3 atom stereocenters. The lowest BCUT2D eigenvalue weighted by Gasteiger charge is -2.42. The van der Waals surface area contributed by atoms with E-state index in [9.17, 15) is 18.0 Å². The topological polar surface area (TPSA) is 123 Å². The summed E-state index contributed by atoms with van der Waals surface area (Å²) in [7, 11) is -3.36. The van der Waals surface area contributed by atoms with Gasteiger partial charge in [0.1, 0.15) is 17.1 Å². The van der Waals surface area contributed by atoms with Crippen LogP contribution in [0.2, 0.25) is 5.02 Å². The largest absolute Gasteiger partial charge is 0.496 e. The van der Waals surface area contributed by atoms with Gasteiger partial charge in [-0.1, -0.05) is 48.0 Å². The van der Waals surface area contributed by atoms with Gasteiger partial charge < -0.3 is 24.4 Å². The molecule has 7 rings (SSSR count). The number of alkyl halides is 2. The second-order valence-corrected chi connectivity index (χ2v) is 18.4. The third-order valence-electron chi connectivity index (χ3n) is 11.0. The van der Waals surface area contributed by atoms with E-state index < -0.39 is 57.2 Å². The summed E-state index contributed by atoms with van der Waals surface area (Å²) in [6.07, 6.45) is 5.33. The Morgan fingerprint density at radius 3 is 2.16 bits per heavy atom. The Hall–Kier alpha value is -4.46. The molecule has 57 heavy (non-hydrogen) atoms. The molecule has 14 heteroatoms. The van der Waals surface area contributed by atoms with Crippen molar-refractivity contribution in [1.82, 2.24) is 14.9 Å². The Bertz CT molecular complexity index is 2230. The number of nitrogens with zero attached hydrogens (tertiary/aromatic N) is 1. The number of rotatable bonds is 11. The highest BCUT2D eigenvalue weighted by Gasteiger charge is 2.54. The Labute approximate surface area is 337 Å². The molecule has 10 nitrogen and oxygen atoms in total. The van der Waals surface area contributed by atoms with E-state index in [-0.39, 0.29) is 22.8 Å². The predicted octanol–water partition coefficient (Wildman–Crippen LogP) is 8.98. The molecule has 2 heterocycles. The molecule has 0 aromatic heterocycles. The quantitative estimate of drug-likeness (QED) is 0.155. The van der Waals surface area contributed by atoms with E-state index in [1.165, 1.54) is 36.3 Å². The van der Waals surface area contributed by atoms with E-state index in [1.807, 2.05) is 6.07 Å². The van der Waals surface area contributed by atoms with Crippen LogP contribution in [-0.4, -0.2) is 68.3 Å². The van der Waals surface area contributed by atoms with E-state index in [0.29, 0.717) is 53.0 Å². The Balaban J connectivity index is 1.20. The zero-order valence-corrected chi connectivity index (χ0v) is 34.0. The third-order valence-corrected chi connectivity index (χ3v) is 12.7. The van der Waals surface area contributed by atoms with Gasteiger partial charge >= 0.3 is 6.09 Å². The summed E-state index contributed by atoms with van der Waals surface area (Å²) in [5.74, 6) is -4.33. The molecule has 4 aromatic rings. The third kappa shape index (κ3) is 9.00. The van der Waals surface area contributed by atoms with Crippen molar-refractivity contribution < 1.29 is 41.0 Å². The van der Waals surface area contributed by atoms with Gasteiger partial charge in [0, 0.05) is 34.3 Å². The molecule has 1 saturated carbocycles. The molecule has 3 unspecified atom stereocenters. The fraction of sp³-hybridized carbons (Fsp3) is 0.442. The normalized spacial score (nSPS) is 20.7. The van der Waals surface area contributed by atoms with Gasteiger partial charge in [-0.3, -0.25) is 4.79 Å². The van der Waals surface area contributed by atoms with Crippen LogP contribution >= 0.6 is 11.6 Å². The number of sulfonamides is 1. The summed E-state index contributed by atoms with van der Waals surface area (Å²) in [5.41, 5.74) is -0.168. The number of halogens is 3. The molecule has 0 spiro atoms. The van der Waals surface area contributed by atoms with E-state index in [2.05, 4.69) is 10.0 Å². The molecule has 2 saturated heterocycles. The lowest BCUT2D eigenvalue weighted by Crippen LogP contribution is -2.61. The monoisotopic (exact) mass is 823 g/mol. The number of piperidine rings is 1. The van der Waals surface area contributed by atoms with Crippen LogP contribution in [0.1, 0.15) is 77.7 Å². The summed E-state index contributed by atoms with van der Waals surface area (Å²) < 4.78 is 82.0. The Morgan fingerprint density at radius 1 is 0.860 bits per heavy atom. The van der Waals surface area contributed by atoms with E-state index in [1.54, 1.807) is 63.2 Å². The number of carbonyl (C=O) groups excluding carboxylic acids is 2. The van der Waals surface area contributed by atoms with Gasteiger partial charge in [0.25, 0.3) is 5.92 Å². The standard InChI is InChI=1S/C43H48ClF2N3O7S/c1-42(2,3)56-41(51)47-31-24-32-16-17-33(25-31)49(32)40(50)39(43(45,46)29-13-20-37(38(23-29)54-4)26-9-14-30(44)15-10-26)48-57(52,53)36-19-12-27-21-35(18-11-28(27)22-36)55-34-7-5-6-8-34/h9-15,18-23,31-34,39,48H,5-8,16-17,24-25H2,1-4H3,(H,47,51). The number of ether oxygens (including phenoxy) is 3. The number of hydrogen-bond acceptors (Lipinski definition) is 7. The fourth-order valence-corrected chi connectivity index (χ4v) is 9.71. The van der Waals surface area contributed by atoms with Crippen molar-refractivity contribution in [2.75, 3.05) is 7.11 Å². The lowest BCUT2D eigenvalue weighted by molar-refractivity contribution is -0.149. The number of methoxy groups -OCH3 is 1. The molecule has 2 bridgehead atoms. The van der Waals surface area contributed by atoms with Crippen molar-refractivity contribution in [3.63, 3.8) is 0 Å². The molecule has 3 aliphatic rings. The summed E-state index contributed by atoms with van der Waals surface area (Å²) >= 11 is 6.07. The molecule has 4 aromatic carbocycles. The number of benzene rings is 4. The van der Waals surface area contributed by atoms with Crippen LogP contribution in [0.3, 0.4) is 0 Å². The Kier molecular flexibility index (Phi) is 11.5. The fourth-order valence-electron chi connectivity index (χ4n) is 8.35. The van der Waals surface area contributed by atoms with Gasteiger partial charge in [-0.15, -0.1) is 0 Å². The molecule has 2 aliphatic heterocycles. The SMILES string of the molecule is COc1cc(C(F)(F)C(NS(=O)(=O)c2ccc3cc(OC4CCCC4)ccc3c2)C(=O)N2C3CCC2CC(NC(=O)OC(C)(C)C)C3)ccc1-c1ccc(Cl)cc1. The second-order valence-electron chi connectivity index (χ2n) is 16.2. The van der Waals surface area contributed by atoms with Gasteiger partial charge in [-0.05, 0) is 131 Å². The van der Waals surface area contributed by atoms with Crippen molar-refractivity contribution >= 4 is 44.4 Å². The summed E-state index contributed by atoms with van der Waals surface area (Å²) in [6.45, 7) is 5.25. The van der Waals surface area contributed by atoms with Crippen LogP contribution in [0, 0.1) is 0 Å². The van der Waals surface area contributed by atoms with Crippen LogP contribution in [-0.2, 0) is 25.5 Å². The molecule has 304 valence electrons. The lowest BCUT2D eigenvalue weighted by atomic mass is 9.93. The Morgan fingerprint density at radius 2 is 1.51 bits per heavy atom. The number of alkyl carbamates (subject to hydrolysis) is 1. The van der Waals surface area contributed by atoms with Crippen LogP contribution in [0.15, 0.2) is 83.8 Å². The van der Waals surface area contributed by atoms with Crippen molar-refractivity contribution in [3.8, 4) is 22.6 Å². The summed E-state index contributed by atoms with van der Waals surface area (Å²) in [6, 6.07) is 16.3. The molecule has 3 fully saturated rings. The first-order valence-corrected chi connectivity index (χ1v) is 21.2. The van der Waals surface area contributed by atoms with Gasteiger partial charge in [0.05, 0.1) is 18.1 Å². The predicted molar refractivity (Wildman–Crippen MR) is 214 cm³/mol. The van der Waals surface area contributed by atoms with Crippen LogP contribution in [0.4, 0.5) is 13.6 Å². The van der Waals surface area contributed by atoms with Crippen molar-refractivity contribution in [2.45, 2.75) is 119 Å². The minimum atomic E-state index is -4.71. The second kappa shape index (κ2) is 16.1. The first kappa shape index (κ1) is 40.7. The van der Waals surface area contributed by atoms with Crippen LogP contribution in [0.5, 0.6) is 11.5 Å². The van der Waals surface area contributed by atoms with Crippen molar-refractivity contribution in [1.29, 1.82) is 0 Å². The average Bonchev–Trinajstić information content (AvgIpc) is 3.77. The molecule has 2 amide bonds. The maximum Gasteiger partial charge on any atom is 0.407 e. The number of fused-ring (bicyclic) bond motifs is 3. The highest BCUT2D eigenvalue weighted by Crippen LogP contribution is 2.43. The molecular weight excluding hydrogens is 776 g/mol. The van der Waals surface area contributed by atoms with Crippen molar-refractivity contribution in [3.05, 3.63) is 89.4 Å². The van der Waals surface area contributed by atoms with Gasteiger partial charge in [-0.25, -0.2) is 13.2 Å².